The molecular weight excluding hydrogens is 274 g/mol. The van der Waals surface area contributed by atoms with Crippen LogP contribution in [0.25, 0.3) is 0 Å². The molecule has 2 rings (SSSR count). The van der Waals surface area contributed by atoms with E-state index in [0.717, 1.165) is 19.6 Å². The van der Waals surface area contributed by atoms with E-state index in [0.29, 0.717) is 12.5 Å². The van der Waals surface area contributed by atoms with Gasteiger partial charge in [0.05, 0.1) is 6.20 Å². The SMILES string of the molecule is CC(CNC(=O)Cn1cc(C(=O)O)nn1)CN1CCCC1. The summed E-state index contributed by atoms with van der Waals surface area (Å²) in [6.45, 7) is 5.99. The first-order valence-corrected chi connectivity index (χ1v) is 7.17. The Morgan fingerprint density at radius 3 is 2.76 bits per heavy atom. The average molecular weight is 295 g/mol. The molecule has 0 aromatic carbocycles. The largest absolute Gasteiger partial charge is 0.476 e. The van der Waals surface area contributed by atoms with E-state index >= 15 is 0 Å². The van der Waals surface area contributed by atoms with Gasteiger partial charge in [0.1, 0.15) is 6.54 Å². The quantitative estimate of drug-likeness (QED) is 0.724. The number of rotatable bonds is 7. The molecule has 1 amide bonds. The minimum absolute atomic E-state index is 0.0171. The van der Waals surface area contributed by atoms with Gasteiger partial charge in [-0.25, -0.2) is 9.48 Å². The monoisotopic (exact) mass is 295 g/mol. The van der Waals surface area contributed by atoms with E-state index in [4.69, 9.17) is 5.11 Å². The highest BCUT2D eigenvalue weighted by Crippen LogP contribution is 2.09. The number of carboxylic acid groups (broad SMARTS) is 1. The van der Waals surface area contributed by atoms with Gasteiger partial charge in [0.25, 0.3) is 0 Å². The second kappa shape index (κ2) is 7.16. The van der Waals surface area contributed by atoms with Crippen molar-refractivity contribution < 1.29 is 14.7 Å². The number of nitrogens with one attached hydrogen (secondary N) is 1. The van der Waals surface area contributed by atoms with Crippen LogP contribution in [0.3, 0.4) is 0 Å². The lowest BCUT2D eigenvalue weighted by molar-refractivity contribution is -0.122. The van der Waals surface area contributed by atoms with Crippen molar-refractivity contribution in [3.63, 3.8) is 0 Å². The maximum atomic E-state index is 11.8. The van der Waals surface area contributed by atoms with Gasteiger partial charge in [-0.05, 0) is 31.8 Å². The van der Waals surface area contributed by atoms with Crippen molar-refractivity contribution in [1.29, 1.82) is 0 Å². The minimum Gasteiger partial charge on any atom is -0.476 e. The maximum absolute atomic E-state index is 11.8. The van der Waals surface area contributed by atoms with E-state index in [1.54, 1.807) is 0 Å². The van der Waals surface area contributed by atoms with Crippen LogP contribution in [-0.2, 0) is 11.3 Å². The highest BCUT2D eigenvalue weighted by Gasteiger charge is 2.15. The highest BCUT2D eigenvalue weighted by atomic mass is 16.4. The first kappa shape index (κ1) is 15.4. The summed E-state index contributed by atoms with van der Waals surface area (Å²) in [5.74, 6) is -0.955. The number of hydrogen-bond donors (Lipinski definition) is 2. The fourth-order valence-corrected chi connectivity index (χ4v) is 2.44. The molecule has 1 atom stereocenters. The van der Waals surface area contributed by atoms with E-state index in [1.165, 1.54) is 23.7 Å². The van der Waals surface area contributed by atoms with Crippen LogP contribution in [0.1, 0.15) is 30.3 Å². The number of carbonyl (C=O) groups excluding carboxylic acids is 1. The normalized spacial score (nSPS) is 16.8. The molecule has 2 N–H and O–H groups in total. The molecular formula is C13H21N5O3. The summed E-state index contributed by atoms with van der Waals surface area (Å²) in [6.07, 6.45) is 3.77. The van der Waals surface area contributed by atoms with Crippen LogP contribution >= 0.6 is 0 Å². The summed E-state index contributed by atoms with van der Waals surface area (Å²) >= 11 is 0. The third kappa shape index (κ3) is 4.82. The Morgan fingerprint density at radius 2 is 2.14 bits per heavy atom. The van der Waals surface area contributed by atoms with E-state index in [1.807, 2.05) is 0 Å². The predicted octanol–water partition coefficient (Wildman–Crippen LogP) is -0.176. The number of carboxylic acids is 1. The molecule has 8 heteroatoms. The van der Waals surface area contributed by atoms with Gasteiger partial charge in [-0.3, -0.25) is 4.79 Å². The van der Waals surface area contributed by atoms with Crippen molar-refractivity contribution >= 4 is 11.9 Å². The number of nitrogens with zero attached hydrogens (tertiary/aromatic N) is 4. The Kier molecular flexibility index (Phi) is 5.26. The maximum Gasteiger partial charge on any atom is 0.358 e. The Bertz CT molecular complexity index is 496. The molecule has 0 spiro atoms. The van der Waals surface area contributed by atoms with Crippen molar-refractivity contribution in [2.45, 2.75) is 26.3 Å². The summed E-state index contributed by atoms with van der Waals surface area (Å²) in [5, 5.41) is 18.6. The van der Waals surface area contributed by atoms with E-state index in [-0.39, 0.29) is 18.1 Å². The van der Waals surface area contributed by atoms with Crippen LogP contribution in [0.15, 0.2) is 6.20 Å². The fraction of sp³-hybridized carbons (Fsp3) is 0.692. The molecule has 0 radical (unpaired) electrons. The Labute approximate surface area is 123 Å². The van der Waals surface area contributed by atoms with Gasteiger partial charge in [-0.2, -0.15) is 0 Å². The molecule has 1 unspecified atom stereocenters. The first-order valence-electron chi connectivity index (χ1n) is 7.17. The summed E-state index contributed by atoms with van der Waals surface area (Å²) in [6, 6.07) is 0. The van der Waals surface area contributed by atoms with Crippen LogP contribution in [-0.4, -0.2) is 63.1 Å². The van der Waals surface area contributed by atoms with Gasteiger partial charge in [-0.1, -0.05) is 12.1 Å². The summed E-state index contributed by atoms with van der Waals surface area (Å²) in [5.41, 5.74) is -0.162. The van der Waals surface area contributed by atoms with Crippen LogP contribution in [0.4, 0.5) is 0 Å². The summed E-state index contributed by atoms with van der Waals surface area (Å²) in [4.78, 5) is 24.8. The molecule has 0 aliphatic carbocycles. The number of amides is 1. The molecule has 116 valence electrons. The Morgan fingerprint density at radius 1 is 1.43 bits per heavy atom. The lowest BCUT2D eigenvalue weighted by atomic mass is 10.1. The van der Waals surface area contributed by atoms with Crippen molar-refractivity contribution in [1.82, 2.24) is 25.2 Å². The van der Waals surface area contributed by atoms with Crippen LogP contribution in [0.5, 0.6) is 0 Å². The first-order chi connectivity index (χ1) is 10.0. The van der Waals surface area contributed by atoms with Crippen molar-refractivity contribution in [3.8, 4) is 0 Å². The lowest BCUT2D eigenvalue weighted by Gasteiger charge is -2.20. The molecule has 8 nitrogen and oxygen atoms in total. The van der Waals surface area contributed by atoms with Crippen molar-refractivity contribution in [2.75, 3.05) is 26.2 Å². The Balaban J connectivity index is 1.69. The van der Waals surface area contributed by atoms with Gasteiger partial charge in [0, 0.05) is 13.1 Å². The molecule has 21 heavy (non-hydrogen) atoms. The average Bonchev–Trinajstić information content (AvgIpc) is 3.08. The van der Waals surface area contributed by atoms with Gasteiger partial charge in [0.15, 0.2) is 5.69 Å². The second-order valence-electron chi connectivity index (χ2n) is 5.52. The van der Waals surface area contributed by atoms with Gasteiger partial charge in [-0.15, -0.1) is 5.10 Å². The molecule has 2 heterocycles. The Hall–Kier alpha value is -1.96. The third-order valence-electron chi connectivity index (χ3n) is 3.48. The second-order valence-corrected chi connectivity index (χ2v) is 5.52. The number of likely N-dealkylation sites (tertiary alicyclic amines) is 1. The van der Waals surface area contributed by atoms with Crippen molar-refractivity contribution in [2.24, 2.45) is 5.92 Å². The van der Waals surface area contributed by atoms with Gasteiger partial charge in [0.2, 0.25) is 5.91 Å². The molecule has 1 aromatic rings. The molecule has 1 saturated heterocycles. The van der Waals surface area contributed by atoms with Crippen LogP contribution in [0.2, 0.25) is 0 Å². The van der Waals surface area contributed by atoms with E-state index in [9.17, 15) is 9.59 Å². The van der Waals surface area contributed by atoms with Crippen molar-refractivity contribution in [3.05, 3.63) is 11.9 Å². The van der Waals surface area contributed by atoms with E-state index in [2.05, 4.69) is 27.5 Å². The summed E-state index contributed by atoms with van der Waals surface area (Å²) in [7, 11) is 0. The van der Waals surface area contributed by atoms with Gasteiger partial charge < -0.3 is 15.3 Å². The zero-order valence-corrected chi connectivity index (χ0v) is 12.2. The van der Waals surface area contributed by atoms with Crippen LogP contribution in [0, 0.1) is 5.92 Å². The van der Waals surface area contributed by atoms with Gasteiger partial charge >= 0.3 is 5.97 Å². The van der Waals surface area contributed by atoms with Crippen LogP contribution < -0.4 is 5.32 Å². The molecule has 1 fully saturated rings. The predicted molar refractivity (Wildman–Crippen MR) is 74.8 cm³/mol. The number of carbonyl (C=O) groups is 2. The number of aromatic carboxylic acids is 1. The molecule has 0 saturated carbocycles. The van der Waals surface area contributed by atoms with E-state index < -0.39 is 5.97 Å². The third-order valence-corrected chi connectivity index (χ3v) is 3.48. The number of aromatic nitrogens is 3. The molecule has 0 bridgehead atoms. The topological polar surface area (TPSA) is 100 Å². The smallest absolute Gasteiger partial charge is 0.358 e. The zero-order valence-electron chi connectivity index (χ0n) is 12.2. The number of hydrogen-bond acceptors (Lipinski definition) is 5. The molecule has 1 aliphatic rings. The fourth-order valence-electron chi connectivity index (χ4n) is 2.44. The highest BCUT2D eigenvalue weighted by molar-refractivity contribution is 5.84. The lowest BCUT2D eigenvalue weighted by Crippen LogP contribution is -2.36. The standard InChI is InChI=1S/C13H21N5O3/c1-10(7-17-4-2-3-5-17)6-14-12(19)9-18-8-11(13(20)21)15-16-18/h8,10H,2-7,9H2,1H3,(H,14,19)(H,20,21). The zero-order chi connectivity index (χ0) is 15.2. The molecule has 1 aliphatic heterocycles. The minimum atomic E-state index is -1.15. The molecule has 1 aromatic heterocycles. The summed E-state index contributed by atoms with van der Waals surface area (Å²) < 4.78 is 1.23.